The van der Waals surface area contributed by atoms with Gasteiger partial charge in [0.15, 0.2) is 11.5 Å². The fourth-order valence-corrected chi connectivity index (χ4v) is 1.75. The Kier molecular flexibility index (Phi) is 5.63. The van der Waals surface area contributed by atoms with E-state index < -0.39 is 11.7 Å². The van der Waals surface area contributed by atoms with Gasteiger partial charge in [0.2, 0.25) is 0 Å². The van der Waals surface area contributed by atoms with Crippen molar-refractivity contribution in [2.75, 3.05) is 20.3 Å². The Morgan fingerprint density at radius 1 is 1.11 bits per heavy atom. The molecule has 0 radical (unpaired) electrons. The summed E-state index contributed by atoms with van der Waals surface area (Å²) in [6.45, 7) is 8.65. The van der Waals surface area contributed by atoms with Gasteiger partial charge in [-0.2, -0.15) is 0 Å². The van der Waals surface area contributed by atoms with E-state index in [9.17, 15) is 5.11 Å². The highest BCUT2D eigenvalue weighted by Gasteiger charge is 2.29. The number of aliphatic hydroxyl groups excluding tert-OH is 1. The molecular formula is C15H24O4. The van der Waals surface area contributed by atoms with Crippen LogP contribution in [-0.2, 0) is 4.74 Å². The first-order valence-corrected chi connectivity index (χ1v) is 6.59. The predicted molar refractivity (Wildman–Crippen MR) is 74.8 cm³/mol. The van der Waals surface area contributed by atoms with Crippen molar-refractivity contribution in [3.05, 3.63) is 23.8 Å². The van der Waals surface area contributed by atoms with Crippen LogP contribution in [0.15, 0.2) is 18.2 Å². The first-order valence-electron chi connectivity index (χ1n) is 6.59. The van der Waals surface area contributed by atoms with Gasteiger partial charge >= 0.3 is 0 Å². The monoisotopic (exact) mass is 268 g/mol. The van der Waals surface area contributed by atoms with E-state index in [0.29, 0.717) is 24.7 Å². The van der Waals surface area contributed by atoms with Crippen LogP contribution in [0.2, 0.25) is 0 Å². The molecule has 1 unspecified atom stereocenters. The molecule has 0 aliphatic rings. The van der Waals surface area contributed by atoms with Crippen molar-refractivity contribution in [2.45, 2.75) is 39.4 Å². The van der Waals surface area contributed by atoms with Crippen molar-refractivity contribution >= 4 is 0 Å². The van der Waals surface area contributed by atoms with E-state index >= 15 is 0 Å². The van der Waals surface area contributed by atoms with Crippen molar-refractivity contribution in [2.24, 2.45) is 0 Å². The van der Waals surface area contributed by atoms with E-state index in [0.717, 1.165) is 5.56 Å². The van der Waals surface area contributed by atoms with Gasteiger partial charge in [0.05, 0.1) is 18.8 Å². The summed E-state index contributed by atoms with van der Waals surface area (Å²) in [6.07, 6.45) is -0.729. The summed E-state index contributed by atoms with van der Waals surface area (Å²) in [5, 5.41) is 10.3. The molecule has 1 rings (SSSR count). The van der Waals surface area contributed by atoms with Crippen LogP contribution in [0.4, 0.5) is 0 Å². The summed E-state index contributed by atoms with van der Waals surface area (Å²) in [5.41, 5.74) is 0.0927. The summed E-state index contributed by atoms with van der Waals surface area (Å²) in [6, 6.07) is 5.46. The lowest BCUT2D eigenvalue weighted by Gasteiger charge is -2.29. The van der Waals surface area contributed by atoms with Gasteiger partial charge < -0.3 is 19.3 Å². The molecule has 1 aromatic carbocycles. The third kappa shape index (κ3) is 3.85. The molecule has 0 amide bonds. The molecule has 0 spiro atoms. The van der Waals surface area contributed by atoms with Crippen molar-refractivity contribution in [1.82, 2.24) is 0 Å². The van der Waals surface area contributed by atoms with Gasteiger partial charge in [-0.25, -0.2) is 0 Å². The number of hydrogen-bond acceptors (Lipinski definition) is 4. The molecule has 0 aromatic heterocycles. The smallest absolute Gasteiger partial charge is 0.161 e. The maximum absolute atomic E-state index is 10.3. The lowest BCUT2D eigenvalue weighted by atomic mass is 9.94. The molecule has 4 heteroatoms. The summed E-state index contributed by atoms with van der Waals surface area (Å²) in [7, 11) is 1.58. The van der Waals surface area contributed by atoms with Gasteiger partial charge in [-0.15, -0.1) is 0 Å². The largest absolute Gasteiger partial charge is 0.490 e. The van der Waals surface area contributed by atoms with Gasteiger partial charge in [-0.05, 0) is 45.4 Å². The van der Waals surface area contributed by atoms with Gasteiger partial charge in [0, 0.05) is 7.11 Å². The van der Waals surface area contributed by atoms with Crippen LogP contribution in [-0.4, -0.2) is 31.0 Å². The molecule has 4 nitrogen and oxygen atoms in total. The Hall–Kier alpha value is -1.26. The average Bonchev–Trinajstić information content (AvgIpc) is 2.40. The number of ether oxygens (including phenoxy) is 3. The summed E-state index contributed by atoms with van der Waals surface area (Å²) in [5.74, 6) is 1.34. The molecule has 0 heterocycles. The molecule has 0 aliphatic carbocycles. The van der Waals surface area contributed by atoms with Gasteiger partial charge in [-0.3, -0.25) is 0 Å². The Balaban J connectivity index is 3.07. The normalized spacial score (nSPS) is 13.2. The third-order valence-electron chi connectivity index (χ3n) is 3.07. The minimum Gasteiger partial charge on any atom is -0.490 e. The second-order valence-electron chi connectivity index (χ2n) is 4.78. The lowest BCUT2D eigenvalue weighted by Crippen LogP contribution is -2.31. The number of rotatable bonds is 7. The first-order chi connectivity index (χ1) is 8.96. The standard InChI is InChI=1S/C15H24O4/c1-6-18-12-9-8-11(10-13(12)19-7-2)14(16)15(3,4)17-5/h8-10,14,16H,6-7H2,1-5H3. The molecule has 0 saturated carbocycles. The van der Waals surface area contributed by atoms with Crippen molar-refractivity contribution < 1.29 is 19.3 Å². The van der Waals surface area contributed by atoms with Crippen LogP contribution in [0, 0.1) is 0 Å². The van der Waals surface area contributed by atoms with Crippen LogP contribution >= 0.6 is 0 Å². The number of aliphatic hydroxyl groups is 1. The second-order valence-corrected chi connectivity index (χ2v) is 4.78. The Morgan fingerprint density at radius 2 is 1.68 bits per heavy atom. The lowest BCUT2D eigenvalue weighted by molar-refractivity contribution is -0.0794. The average molecular weight is 268 g/mol. The maximum atomic E-state index is 10.3. The quantitative estimate of drug-likeness (QED) is 0.826. The molecular weight excluding hydrogens is 244 g/mol. The summed E-state index contributed by atoms with van der Waals surface area (Å²) >= 11 is 0. The van der Waals surface area contributed by atoms with Crippen LogP contribution < -0.4 is 9.47 Å². The molecule has 0 fully saturated rings. The van der Waals surface area contributed by atoms with E-state index in [1.807, 2.05) is 39.8 Å². The number of methoxy groups -OCH3 is 1. The molecule has 0 aliphatic heterocycles. The minimum absolute atomic E-state index is 0.549. The van der Waals surface area contributed by atoms with E-state index in [-0.39, 0.29) is 0 Å². The van der Waals surface area contributed by atoms with Crippen LogP contribution in [0.1, 0.15) is 39.4 Å². The molecule has 1 N–H and O–H groups in total. The zero-order valence-electron chi connectivity index (χ0n) is 12.4. The van der Waals surface area contributed by atoms with E-state index in [2.05, 4.69) is 0 Å². The first kappa shape index (κ1) is 15.8. The summed E-state index contributed by atoms with van der Waals surface area (Å²) in [4.78, 5) is 0. The highest BCUT2D eigenvalue weighted by atomic mass is 16.5. The maximum Gasteiger partial charge on any atom is 0.161 e. The number of hydrogen-bond donors (Lipinski definition) is 1. The molecule has 0 saturated heterocycles. The van der Waals surface area contributed by atoms with E-state index in [1.165, 1.54) is 0 Å². The van der Waals surface area contributed by atoms with Gasteiger partial charge in [0.25, 0.3) is 0 Å². The SMILES string of the molecule is CCOc1ccc(C(O)C(C)(C)OC)cc1OCC. The molecule has 1 atom stereocenters. The topological polar surface area (TPSA) is 47.9 Å². The van der Waals surface area contributed by atoms with Crippen molar-refractivity contribution in [3.8, 4) is 11.5 Å². The summed E-state index contributed by atoms with van der Waals surface area (Å²) < 4.78 is 16.4. The van der Waals surface area contributed by atoms with Crippen LogP contribution in [0.3, 0.4) is 0 Å². The highest BCUT2D eigenvalue weighted by molar-refractivity contribution is 5.44. The van der Waals surface area contributed by atoms with Gasteiger partial charge in [-0.1, -0.05) is 6.07 Å². The highest BCUT2D eigenvalue weighted by Crippen LogP contribution is 2.35. The Bertz CT molecular complexity index is 401. The third-order valence-corrected chi connectivity index (χ3v) is 3.07. The van der Waals surface area contributed by atoms with Crippen LogP contribution in [0.5, 0.6) is 11.5 Å². The van der Waals surface area contributed by atoms with Gasteiger partial charge in [0.1, 0.15) is 6.10 Å². The Morgan fingerprint density at radius 3 is 2.21 bits per heavy atom. The van der Waals surface area contributed by atoms with Crippen molar-refractivity contribution in [1.29, 1.82) is 0 Å². The molecule has 1 aromatic rings. The predicted octanol–water partition coefficient (Wildman–Crippen LogP) is 2.94. The van der Waals surface area contributed by atoms with E-state index in [4.69, 9.17) is 14.2 Å². The number of benzene rings is 1. The molecule has 19 heavy (non-hydrogen) atoms. The zero-order chi connectivity index (χ0) is 14.5. The van der Waals surface area contributed by atoms with Crippen LogP contribution in [0.25, 0.3) is 0 Å². The molecule has 108 valence electrons. The minimum atomic E-state index is -0.729. The van der Waals surface area contributed by atoms with E-state index in [1.54, 1.807) is 13.2 Å². The second kappa shape index (κ2) is 6.78. The fraction of sp³-hybridized carbons (Fsp3) is 0.600. The van der Waals surface area contributed by atoms with Crippen molar-refractivity contribution in [3.63, 3.8) is 0 Å². The zero-order valence-corrected chi connectivity index (χ0v) is 12.4. The fourth-order valence-electron chi connectivity index (χ4n) is 1.75. The Labute approximate surface area is 115 Å². The molecule has 0 bridgehead atoms.